The lowest BCUT2D eigenvalue weighted by Gasteiger charge is -2.11. The van der Waals surface area contributed by atoms with Gasteiger partial charge in [-0.1, -0.05) is 12.1 Å². The third-order valence-corrected chi connectivity index (χ3v) is 5.71. The molecule has 10 heteroatoms. The van der Waals surface area contributed by atoms with Crippen molar-refractivity contribution in [1.82, 2.24) is 28.9 Å². The second-order valence-electron chi connectivity index (χ2n) is 7.63. The molecule has 0 aliphatic heterocycles. The molecule has 9 nitrogen and oxygen atoms in total. The Morgan fingerprint density at radius 2 is 1.90 bits per heavy atom. The van der Waals surface area contributed by atoms with Gasteiger partial charge >= 0.3 is 5.76 Å². The molecule has 1 fully saturated rings. The molecule has 3 aromatic heterocycles. The summed E-state index contributed by atoms with van der Waals surface area (Å²) in [4.78, 5) is 33.3. The zero-order valence-corrected chi connectivity index (χ0v) is 16.2. The molecule has 3 heterocycles. The normalized spacial score (nSPS) is 19.0. The summed E-state index contributed by atoms with van der Waals surface area (Å²) in [7, 11) is 1.72. The Kier molecular flexibility index (Phi) is 4.34. The number of rotatable bonds is 4. The van der Waals surface area contributed by atoms with E-state index in [0.29, 0.717) is 11.2 Å². The zero-order chi connectivity index (χ0) is 20.8. The highest BCUT2D eigenvalue weighted by molar-refractivity contribution is 5.68. The molecule has 0 amide bonds. The molecule has 0 unspecified atom stereocenters. The number of hydrogen-bond donors (Lipinski definition) is 0. The molecule has 5 rings (SSSR count). The molecule has 0 saturated heterocycles. The van der Waals surface area contributed by atoms with Gasteiger partial charge < -0.3 is 8.98 Å². The summed E-state index contributed by atoms with van der Waals surface area (Å²) in [5.74, 6) is -0.422. The molecule has 1 aromatic carbocycles. The Balaban J connectivity index is 1.37. The van der Waals surface area contributed by atoms with E-state index in [1.54, 1.807) is 23.7 Å². The van der Waals surface area contributed by atoms with Crippen molar-refractivity contribution in [3.05, 3.63) is 75.1 Å². The molecular weight excluding hydrogens is 391 g/mol. The van der Waals surface area contributed by atoms with E-state index in [-0.39, 0.29) is 35.8 Å². The highest BCUT2D eigenvalue weighted by atomic mass is 19.1. The summed E-state index contributed by atoms with van der Waals surface area (Å²) >= 11 is 0. The minimum atomic E-state index is -0.544. The van der Waals surface area contributed by atoms with Crippen molar-refractivity contribution in [1.29, 1.82) is 0 Å². The van der Waals surface area contributed by atoms with Crippen LogP contribution in [0.4, 0.5) is 4.39 Å². The molecule has 0 radical (unpaired) electrons. The van der Waals surface area contributed by atoms with Gasteiger partial charge in [-0.2, -0.15) is 4.68 Å². The number of hydrogen-bond acceptors (Lipinski definition) is 6. The summed E-state index contributed by atoms with van der Waals surface area (Å²) in [5.41, 5.74) is 1.51. The first kappa shape index (κ1) is 18.5. The first-order chi connectivity index (χ1) is 14.5. The maximum Gasteiger partial charge on any atom is 0.437 e. The molecular formula is C20H19FN6O3. The predicted octanol–water partition coefficient (Wildman–Crippen LogP) is 1.98. The smallest absolute Gasteiger partial charge is 0.390 e. The Morgan fingerprint density at radius 3 is 2.70 bits per heavy atom. The highest BCUT2D eigenvalue weighted by Crippen LogP contribution is 2.40. The van der Waals surface area contributed by atoms with Gasteiger partial charge in [0.05, 0.1) is 12.4 Å². The number of fused-ring (bicyclic) bond motifs is 1. The molecule has 2 atom stereocenters. The number of aryl methyl sites for hydroxylation is 1. The van der Waals surface area contributed by atoms with Gasteiger partial charge in [0.25, 0.3) is 5.56 Å². The lowest BCUT2D eigenvalue weighted by molar-refractivity contribution is 0.401. The fourth-order valence-corrected chi connectivity index (χ4v) is 4.17. The van der Waals surface area contributed by atoms with Crippen molar-refractivity contribution < 1.29 is 8.81 Å². The first-order valence-electron chi connectivity index (χ1n) is 9.70. The van der Waals surface area contributed by atoms with E-state index in [2.05, 4.69) is 15.1 Å². The van der Waals surface area contributed by atoms with Crippen molar-refractivity contribution >= 4 is 11.2 Å². The van der Waals surface area contributed by atoms with Crippen LogP contribution >= 0.6 is 0 Å². The number of aromatic nitrogens is 6. The number of halogens is 1. The van der Waals surface area contributed by atoms with Crippen LogP contribution < -0.4 is 11.3 Å². The molecule has 0 spiro atoms. The van der Waals surface area contributed by atoms with Crippen molar-refractivity contribution in [2.45, 2.75) is 37.8 Å². The Labute approximate surface area is 169 Å². The van der Waals surface area contributed by atoms with Crippen LogP contribution in [-0.2, 0) is 13.6 Å². The predicted molar refractivity (Wildman–Crippen MR) is 105 cm³/mol. The fraction of sp³-hybridized carbons (Fsp3) is 0.350. The van der Waals surface area contributed by atoms with Crippen molar-refractivity contribution in [2.75, 3.05) is 0 Å². The third kappa shape index (κ3) is 3.14. The van der Waals surface area contributed by atoms with E-state index >= 15 is 0 Å². The topological polar surface area (TPSA) is 101 Å². The molecule has 1 aliphatic carbocycles. The third-order valence-electron chi connectivity index (χ3n) is 5.71. The van der Waals surface area contributed by atoms with Gasteiger partial charge in [-0.25, -0.2) is 19.2 Å². The van der Waals surface area contributed by atoms with Gasteiger partial charge in [0.15, 0.2) is 11.2 Å². The molecule has 30 heavy (non-hydrogen) atoms. The van der Waals surface area contributed by atoms with Crippen molar-refractivity contribution in [3.8, 4) is 0 Å². The standard InChI is InChI=1S/C20H19FN6O3/c1-25-10-22-18-17(25)19(28)26(11-23-18)9-16-24-27(20(29)30-16)15-7-4-13(8-15)12-2-5-14(21)6-3-12/h2-3,5-6,10-11,13,15H,4,7-9H2,1H3/t13-,15-/m1/s1. The Bertz CT molecular complexity index is 1330. The van der Waals surface area contributed by atoms with Crippen LogP contribution in [0.3, 0.4) is 0 Å². The molecule has 0 bridgehead atoms. The maximum absolute atomic E-state index is 13.2. The molecule has 154 valence electrons. The van der Waals surface area contributed by atoms with E-state index in [1.807, 2.05) is 0 Å². The molecule has 1 saturated carbocycles. The van der Waals surface area contributed by atoms with E-state index < -0.39 is 5.76 Å². The quantitative estimate of drug-likeness (QED) is 0.510. The Morgan fingerprint density at radius 1 is 1.13 bits per heavy atom. The average molecular weight is 410 g/mol. The minimum Gasteiger partial charge on any atom is -0.390 e. The van der Waals surface area contributed by atoms with Gasteiger partial charge in [-0.3, -0.25) is 9.36 Å². The SMILES string of the molecule is Cn1cnc2ncn(Cc3nn([C@@H]4CC[C@@H](c5ccc(F)cc5)C4)c(=O)o3)c(=O)c21. The van der Waals surface area contributed by atoms with Gasteiger partial charge in [-0.15, -0.1) is 5.10 Å². The zero-order valence-electron chi connectivity index (χ0n) is 16.2. The summed E-state index contributed by atoms with van der Waals surface area (Å²) < 4.78 is 22.8. The maximum atomic E-state index is 13.2. The molecule has 4 aromatic rings. The van der Waals surface area contributed by atoms with Crippen molar-refractivity contribution in [2.24, 2.45) is 7.05 Å². The van der Waals surface area contributed by atoms with Crippen LogP contribution in [0.5, 0.6) is 0 Å². The van der Waals surface area contributed by atoms with E-state index in [9.17, 15) is 14.0 Å². The van der Waals surface area contributed by atoms with E-state index in [1.165, 1.54) is 34.0 Å². The summed E-state index contributed by atoms with van der Waals surface area (Å²) in [5, 5.41) is 4.33. The van der Waals surface area contributed by atoms with Gasteiger partial charge in [0, 0.05) is 7.05 Å². The van der Waals surface area contributed by atoms with Crippen LogP contribution in [0, 0.1) is 5.82 Å². The lowest BCUT2D eigenvalue weighted by atomic mass is 9.97. The second-order valence-corrected chi connectivity index (χ2v) is 7.63. The van der Waals surface area contributed by atoms with Crippen molar-refractivity contribution in [3.63, 3.8) is 0 Å². The second kappa shape index (κ2) is 7.05. The van der Waals surface area contributed by atoms with Gasteiger partial charge in [0.2, 0.25) is 5.89 Å². The fourth-order valence-electron chi connectivity index (χ4n) is 4.17. The van der Waals surface area contributed by atoms with Crippen LogP contribution in [0.1, 0.15) is 42.7 Å². The van der Waals surface area contributed by atoms with Gasteiger partial charge in [0.1, 0.15) is 18.7 Å². The van der Waals surface area contributed by atoms with Crippen LogP contribution in [-0.4, -0.2) is 28.9 Å². The summed E-state index contributed by atoms with van der Waals surface area (Å²) in [6.07, 6.45) is 5.27. The first-order valence-corrected chi connectivity index (χ1v) is 9.70. The molecule has 0 N–H and O–H groups in total. The van der Waals surface area contributed by atoms with E-state index in [4.69, 9.17) is 4.42 Å². The molecule has 1 aliphatic rings. The van der Waals surface area contributed by atoms with Crippen LogP contribution in [0.15, 0.2) is 50.9 Å². The van der Waals surface area contributed by atoms with Gasteiger partial charge in [-0.05, 0) is 42.9 Å². The van der Waals surface area contributed by atoms with Crippen LogP contribution in [0.2, 0.25) is 0 Å². The highest BCUT2D eigenvalue weighted by Gasteiger charge is 2.30. The monoisotopic (exact) mass is 410 g/mol. The number of imidazole rings is 1. The lowest BCUT2D eigenvalue weighted by Crippen LogP contribution is -2.23. The average Bonchev–Trinajstić information content (AvgIpc) is 3.44. The van der Waals surface area contributed by atoms with E-state index in [0.717, 1.165) is 24.8 Å². The Hall–Kier alpha value is -3.56. The van der Waals surface area contributed by atoms with Crippen LogP contribution in [0.25, 0.3) is 11.2 Å². The number of nitrogens with zero attached hydrogens (tertiary/aromatic N) is 6. The summed E-state index contributed by atoms with van der Waals surface area (Å²) in [6, 6.07) is 6.38. The largest absolute Gasteiger partial charge is 0.437 e. The summed E-state index contributed by atoms with van der Waals surface area (Å²) in [6.45, 7) is 0.00328. The minimum absolute atomic E-state index is 0.00328. The number of benzene rings is 1.